The van der Waals surface area contributed by atoms with E-state index in [-0.39, 0.29) is 35.7 Å². The number of hydrogen-bond acceptors (Lipinski definition) is 16. The molecule has 0 unspecified atom stereocenters. The van der Waals surface area contributed by atoms with Gasteiger partial charge in [-0.15, -0.1) is 0 Å². The molecule has 0 bridgehead atoms. The number of nitrogens with zero attached hydrogens (tertiary/aromatic N) is 10. The molecule has 0 spiro atoms. The first-order valence-corrected chi connectivity index (χ1v) is 18.9. The second-order valence-electron chi connectivity index (χ2n) is 13.8. The van der Waals surface area contributed by atoms with Gasteiger partial charge in [-0.2, -0.15) is 44.9 Å². The Bertz CT molecular complexity index is 2610. The number of nitrogen functional groups attached to an aromatic ring is 6. The zero-order valence-corrected chi connectivity index (χ0v) is 32.3. The van der Waals surface area contributed by atoms with E-state index in [0.29, 0.717) is 17.5 Å². The highest BCUT2D eigenvalue weighted by atomic mass is 15.2. The van der Waals surface area contributed by atoms with Crippen LogP contribution in [-0.2, 0) is 0 Å². The third-order valence-electron chi connectivity index (χ3n) is 9.82. The van der Waals surface area contributed by atoms with E-state index in [1.54, 1.807) is 0 Å². The lowest BCUT2D eigenvalue weighted by atomic mass is 10.0. The maximum atomic E-state index is 5.80. The summed E-state index contributed by atoms with van der Waals surface area (Å²) < 4.78 is 0. The molecule has 12 N–H and O–H groups in total. The lowest BCUT2D eigenvalue weighted by Crippen LogP contribution is -2.09. The van der Waals surface area contributed by atoms with Gasteiger partial charge in [-0.1, -0.05) is 109 Å². The number of hydrogen-bond donors (Lipinski definition) is 6. The topological polar surface area (TPSA) is 275 Å². The van der Waals surface area contributed by atoms with Crippen molar-refractivity contribution in [2.24, 2.45) is 0 Å². The van der Waals surface area contributed by atoms with Gasteiger partial charge >= 0.3 is 0 Å². The van der Waals surface area contributed by atoms with Crippen LogP contribution in [0.15, 0.2) is 146 Å². The molecule has 16 heteroatoms. The van der Waals surface area contributed by atoms with Gasteiger partial charge in [0.15, 0.2) is 17.5 Å². The molecule has 6 aromatic carbocycles. The van der Waals surface area contributed by atoms with E-state index in [4.69, 9.17) is 34.4 Å². The number of benzene rings is 6. The quantitative estimate of drug-likeness (QED) is 0.0841. The van der Waals surface area contributed by atoms with Crippen LogP contribution in [0.4, 0.5) is 52.8 Å². The van der Waals surface area contributed by atoms with Gasteiger partial charge in [-0.05, 0) is 69.8 Å². The van der Waals surface area contributed by atoms with Gasteiger partial charge in [0.05, 0.1) is 0 Å². The normalized spacial score (nSPS) is 11.0. The van der Waals surface area contributed by atoms with Crippen molar-refractivity contribution in [3.05, 3.63) is 146 Å². The first-order valence-electron chi connectivity index (χ1n) is 18.9. The van der Waals surface area contributed by atoms with E-state index >= 15 is 0 Å². The first kappa shape index (κ1) is 37.5. The predicted molar refractivity (Wildman–Crippen MR) is 240 cm³/mol. The number of nitrogens with two attached hydrogens (primary N) is 6. The van der Waals surface area contributed by atoms with Crippen molar-refractivity contribution in [1.82, 2.24) is 44.9 Å². The van der Waals surface area contributed by atoms with Gasteiger partial charge in [-0.25, -0.2) is 0 Å². The molecule has 0 aliphatic carbocycles. The third kappa shape index (κ3) is 8.08. The van der Waals surface area contributed by atoms with Crippen molar-refractivity contribution < 1.29 is 0 Å². The highest BCUT2D eigenvalue weighted by Gasteiger charge is 2.15. The van der Waals surface area contributed by atoms with Gasteiger partial charge in [0.25, 0.3) is 0 Å². The lowest BCUT2D eigenvalue weighted by Gasteiger charge is -2.26. The summed E-state index contributed by atoms with van der Waals surface area (Å²) >= 11 is 0. The molecule has 0 saturated carbocycles. The summed E-state index contributed by atoms with van der Waals surface area (Å²) in [4.78, 5) is 39.1. The monoisotopic (exact) mass is 800 g/mol. The molecule has 3 aromatic heterocycles. The van der Waals surface area contributed by atoms with Crippen LogP contribution in [-0.4, -0.2) is 44.9 Å². The second kappa shape index (κ2) is 15.7. The Hall–Kier alpha value is -9.05. The highest BCUT2D eigenvalue weighted by molar-refractivity contribution is 5.82. The van der Waals surface area contributed by atoms with E-state index in [1.165, 1.54) is 0 Å². The van der Waals surface area contributed by atoms with Gasteiger partial charge in [0.2, 0.25) is 35.7 Å². The number of anilines is 9. The average Bonchev–Trinajstić information content (AvgIpc) is 3.26. The van der Waals surface area contributed by atoms with E-state index < -0.39 is 0 Å². The largest absolute Gasteiger partial charge is 0.368 e. The fourth-order valence-corrected chi connectivity index (χ4v) is 6.91. The molecule has 0 radical (unpaired) electrons. The Balaban J connectivity index is 1.01. The summed E-state index contributed by atoms with van der Waals surface area (Å²) in [6.07, 6.45) is 0. The zero-order chi connectivity index (χ0) is 42.0. The van der Waals surface area contributed by atoms with E-state index in [1.807, 2.05) is 72.8 Å². The zero-order valence-electron chi connectivity index (χ0n) is 32.3. The molecule has 9 aromatic rings. The molecule has 0 saturated heterocycles. The molecule has 61 heavy (non-hydrogen) atoms. The molecule has 0 amide bonds. The Labute approximate surface area is 349 Å². The van der Waals surface area contributed by atoms with Crippen molar-refractivity contribution in [3.8, 4) is 67.5 Å². The van der Waals surface area contributed by atoms with Crippen LogP contribution in [0.5, 0.6) is 0 Å². The SMILES string of the molecule is Nc1nc(N)nc(-c2ccc(-c3ccc(N(c4ccc(-c5ccc(-c6nc(N)nc(N)n6)cc5)cc4)c4ccc(-c5ccc(-c6nc(N)nc(N)n6)cc5)cc4)cc3)cc2)n1. The molecule has 0 aliphatic rings. The van der Waals surface area contributed by atoms with Crippen LogP contribution in [0.3, 0.4) is 0 Å². The molecule has 9 rings (SSSR count). The molecule has 0 aliphatic heterocycles. The average molecular weight is 801 g/mol. The van der Waals surface area contributed by atoms with Gasteiger partial charge in [-0.3, -0.25) is 0 Å². The molecule has 16 nitrogen and oxygen atoms in total. The van der Waals surface area contributed by atoms with E-state index in [9.17, 15) is 0 Å². The van der Waals surface area contributed by atoms with Gasteiger partial charge in [0, 0.05) is 33.8 Å². The first-order chi connectivity index (χ1) is 29.6. The Morgan fingerprint density at radius 3 is 0.574 bits per heavy atom. The van der Waals surface area contributed by atoms with Crippen LogP contribution in [0, 0.1) is 0 Å². The molecule has 0 atom stereocenters. The smallest absolute Gasteiger partial charge is 0.225 e. The maximum Gasteiger partial charge on any atom is 0.225 e. The lowest BCUT2D eigenvalue weighted by molar-refractivity contribution is 1.09. The van der Waals surface area contributed by atoms with Gasteiger partial charge < -0.3 is 39.3 Å². The van der Waals surface area contributed by atoms with Crippen LogP contribution in [0.1, 0.15) is 0 Å². The number of aromatic nitrogens is 9. The summed E-state index contributed by atoms with van der Waals surface area (Å²) in [6, 6.07) is 48.9. The van der Waals surface area contributed by atoms with E-state index in [0.717, 1.165) is 67.1 Å². The number of rotatable bonds is 9. The molecular weight excluding hydrogens is 765 g/mol. The highest BCUT2D eigenvalue weighted by Crippen LogP contribution is 2.38. The second-order valence-corrected chi connectivity index (χ2v) is 13.8. The van der Waals surface area contributed by atoms with Crippen LogP contribution in [0.2, 0.25) is 0 Å². The maximum absolute atomic E-state index is 5.80. The molecule has 0 fully saturated rings. The molecule has 296 valence electrons. The van der Waals surface area contributed by atoms with Crippen LogP contribution >= 0.6 is 0 Å². The summed E-state index contributed by atoms with van der Waals surface area (Å²) in [6.45, 7) is 0. The van der Waals surface area contributed by atoms with E-state index in [2.05, 4.69) is 123 Å². The molecule has 3 heterocycles. The minimum absolute atomic E-state index is 0.0727. The summed E-state index contributed by atoms with van der Waals surface area (Å²) in [5.74, 6) is 1.69. The van der Waals surface area contributed by atoms with Crippen molar-refractivity contribution >= 4 is 52.8 Å². The summed E-state index contributed by atoms with van der Waals surface area (Å²) in [5.41, 5.74) is 46.2. The summed E-state index contributed by atoms with van der Waals surface area (Å²) in [5, 5.41) is 0. The minimum atomic E-state index is 0.0727. The Kier molecular flexibility index (Phi) is 9.66. The Morgan fingerprint density at radius 1 is 0.213 bits per heavy atom. The standard InChI is InChI=1S/C45H36N16/c46-40-52-37(53-41(47)58-40)31-7-1-25(2-8-31)28-13-19-34(20-14-28)61(35-21-15-29(16-22-35)26-3-9-32(10-4-26)38-54-42(48)59-43(49)55-38)36-23-17-30(18-24-36)27-5-11-33(12-6-27)39-56-44(50)60-45(51)57-39/h1-24H,(H4,46,47,52,53,58)(H4,48,49,54,55,59)(H4,50,51,56,57,60). The van der Waals surface area contributed by atoms with Crippen LogP contribution < -0.4 is 39.3 Å². The summed E-state index contributed by atoms with van der Waals surface area (Å²) in [7, 11) is 0. The third-order valence-corrected chi connectivity index (χ3v) is 9.82. The van der Waals surface area contributed by atoms with Crippen molar-refractivity contribution in [1.29, 1.82) is 0 Å². The fraction of sp³-hybridized carbons (Fsp3) is 0. The van der Waals surface area contributed by atoms with Gasteiger partial charge in [0.1, 0.15) is 0 Å². The Morgan fingerprint density at radius 2 is 0.377 bits per heavy atom. The predicted octanol–water partition coefficient (Wildman–Crippen LogP) is 7.21. The van der Waals surface area contributed by atoms with Crippen molar-refractivity contribution in [2.45, 2.75) is 0 Å². The van der Waals surface area contributed by atoms with Crippen molar-refractivity contribution in [3.63, 3.8) is 0 Å². The van der Waals surface area contributed by atoms with Crippen molar-refractivity contribution in [2.75, 3.05) is 39.3 Å². The molecular formula is C45H36N16. The van der Waals surface area contributed by atoms with Crippen LogP contribution in [0.25, 0.3) is 67.5 Å². The fourth-order valence-electron chi connectivity index (χ4n) is 6.91. The minimum Gasteiger partial charge on any atom is -0.368 e.